The van der Waals surface area contributed by atoms with Crippen molar-refractivity contribution in [2.75, 3.05) is 0 Å². The lowest BCUT2D eigenvalue weighted by atomic mass is 10.00. The summed E-state index contributed by atoms with van der Waals surface area (Å²) in [5, 5.41) is 0. The molecule has 0 amide bonds. The lowest BCUT2D eigenvalue weighted by Crippen LogP contribution is -1.94. The average molecular weight is 222 g/mol. The summed E-state index contributed by atoms with van der Waals surface area (Å²) in [6, 6.07) is 11.9. The highest BCUT2D eigenvalue weighted by Crippen LogP contribution is 2.14. The number of aryl methyl sites for hydroxylation is 2. The maximum absolute atomic E-state index is 2.32. The van der Waals surface area contributed by atoms with Crippen LogP contribution in [0.3, 0.4) is 0 Å². The predicted molar refractivity (Wildman–Crippen MR) is 72.6 cm³/mol. The van der Waals surface area contributed by atoms with Crippen molar-refractivity contribution >= 4 is 20.5 Å². The van der Waals surface area contributed by atoms with Gasteiger partial charge in [-0.2, -0.15) is 0 Å². The van der Waals surface area contributed by atoms with Gasteiger partial charge in [-0.15, -0.1) is 0 Å². The van der Waals surface area contributed by atoms with Crippen LogP contribution in [-0.2, 0) is 12.8 Å². The average Bonchev–Trinajstić information content (AvgIpc) is 2.24. The molecule has 78 valence electrons. The highest BCUT2D eigenvalue weighted by Gasteiger charge is 1.99. The number of benzene rings is 1. The summed E-state index contributed by atoms with van der Waals surface area (Å²) in [4.78, 5) is 0. The van der Waals surface area contributed by atoms with Crippen LogP contribution in [0.25, 0.3) is 0 Å². The van der Waals surface area contributed by atoms with Crippen molar-refractivity contribution in [3.8, 4) is 0 Å². The van der Waals surface area contributed by atoms with E-state index in [4.69, 9.17) is 0 Å². The first kappa shape index (κ1) is 11.7. The Morgan fingerprint density at radius 3 is 1.57 bits per heavy atom. The van der Waals surface area contributed by atoms with E-state index in [1.807, 2.05) is 0 Å². The van der Waals surface area contributed by atoms with E-state index in [-0.39, 0.29) is 0 Å². The van der Waals surface area contributed by atoms with Crippen molar-refractivity contribution in [2.45, 2.75) is 37.8 Å². The number of rotatable bonds is 6. The first-order chi connectivity index (χ1) is 6.88. The van der Waals surface area contributed by atoms with Crippen molar-refractivity contribution in [3.05, 3.63) is 35.4 Å². The molecule has 0 radical (unpaired) electrons. The van der Waals surface area contributed by atoms with E-state index >= 15 is 0 Å². The van der Waals surface area contributed by atoms with Gasteiger partial charge in [-0.25, -0.2) is 0 Å². The van der Waals surface area contributed by atoms with Crippen LogP contribution < -0.4 is 0 Å². The van der Waals surface area contributed by atoms with Crippen molar-refractivity contribution < 1.29 is 0 Å². The Hall–Kier alpha value is -0.346. The molecule has 0 aromatic heterocycles. The van der Waals surface area contributed by atoms with E-state index in [1.54, 1.807) is 11.1 Å². The van der Waals surface area contributed by atoms with E-state index in [0.29, 0.717) is 0 Å². The zero-order valence-electron chi connectivity index (χ0n) is 9.55. The zero-order valence-corrected chi connectivity index (χ0v) is 13.6. The summed E-state index contributed by atoms with van der Waals surface area (Å²) in [6.07, 6.45) is 5.40. The normalized spacial score (nSPS) is 10.9. The molecule has 1 rings (SSSR count). The molecule has 0 aliphatic rings. The van der Waals surface area contributed by atoms with Gasteiger partial charge < -0.3 is 0 Å². The number of hydrogen-bond acceptors (Lipinski definition) is 0. The molecule has 0 nitrogen and oxygen atoms in total. The first-order valence-electron chi connectivity index (χ1n) is 5.95. The fraction of sp³-hybridized carbons (Fsp3) is 0.500. The van der Waals surface area contributed by atoms with Crippen LogP contribution >= 0.6 is 0 Å². The van der Waals surface area contributed by atoms with E-state index in [0.717, 1.165) is 0 Å². The SMILES string of the molecule is [SiH3]CCCc1ccccc1CCC[SiH3]. The van der Waals surface area contributed by atoms with Gasteiger partial charge in [0.2, 0.25) is 0 Å². The van der Waals surface area contributed by atoms with E-state index in [1.165, 1.54) is 58.3 Å². The van der Waals surface area contributed by atoms with Crippen LogP contribution in [0.15, 0.2) is 24.3 Å². The molecule has 2 heteroatoms. The monoisotopic (exact) mass is 222 g/mol. The molecule has 0 N–H and O–H groups in total. The van der Waals surface area contributed by atoms with Gasteiger partial charge in [-0.3, -0.25) is 0 Å². The molecule has 0 unspecified atom stereocenters. The quantitative estimate of drug-likeness (QED) is 0.633. The van der Waals surface area contributed by atoms with Crippen molar-refractivity contribution in [2.24, 2.45) is 0 Å². The molecule has 1 aromatic carbocycles. The minimum Gasteiger partial charge on any atom is -0.0655 e. The Balaban J connectivity index is 2.60. The Kier molecular flexibility index (Phi) is 5.87. The first-order valence-corrected chi connectivity index (χ1v) is 8.78. The minimum absolute atomic E-state index is 1.31. The lowest BCUT2D eigenvalue weighted by Gasteiger charge is -2.07. The molecule has 0 atom stereocenters. The van der Waals surface area contributed by atoms with Crippen LogP contribution in [0, 0.1) is 0 Å². The highest BCUT2D eigenvalue weighted by molar-refractivity contribution is 6.08. The van der Waals surface area contributed by atoms with E-state index in [9.17, 15) is 0 Å². The third kappa shape index (κ3) is 3.80. The Morgan fingerprint density at radius 1 is 0.786 bits per heavy atom. The van der Waals surface area contributed by atoms with Crippen molar-refractivity contribution in [1.82, 2.24) is 0 Å². The standard InChI is InChI=1S/C12H22Si2/c13-9-3-7-11-5-1-2-6-12(11)8-4-10-14/h1-2,5-6H,3-4,7-10H2,13-14H3. The molecule has 0 heterocycles. The van der Waals surface area contributed by atoms with Gasteiger partial charge in [-0.1, -0.05) is 49.2 Å². The molecule has 1 aromatic rings. The molecule has 0 aliphatic heterocycles. The summed E-state index contributed by atoms with van der Waals surface area (Å²) in [6.45, 7) is 0. The maximum atomic E-state index is 2.32. The Morgan fingerprint density at radius 2 is 1.21 bits per heavy atom. The second kappa shape index (κ2) is 7.01. The summed E-state index contributed by atoms with van der Waals surface area (Å²) < 4.78 is 0. The molecular formula is C12H22Si2. The summed E-state index contributed by atoms with van der Waals surface area (Å²) >= 11 is 0. The fourth-order valence-corrected chi connectivity index (χ4v) is 2.49. The Labute approximate surface area is 94.0 Å². The molecular weight excluding hydrogens is 200 g/mol. The summed E-state index contributed by atoms with van der Waals surface area (Å²) in [5.74, 6) is 0. The smallest absolute Gasteiger partial charge is 0.00281 e. The van der Waals surface area contributed by atoms with Gasteiger partial charge in [0.05, 0.1) is 0 Å². The molecule has 0 bridgehead atoms. The molecule has 0 spiro atoms. The second-order valence-corrected chi connectivity index (χ2v) is 5.98. The largest absolute Gasteiger partial charge is 0.0655 e. The van der Waals surface area contributed by atoms with E-state index in [2.05, 4.69) is 24.3 Å². The molecule has 0 saturated heterocycles. The lowest BCUT2D eigenvalue weighted by molar-refractivity contribution is 0.859. The third-order valence-corrected chi connectivity index (χ3v) is 4.13. The second-order valence-electron chi connectivity index (χ2n) is 3.98. The molecule has 0 aliphatic carbocycles. The summed E-state index contributed by atoms with van der Waals surface area (Å²) in [5.41, 5.74) is 3.22. The van der Waals surface area contributed by atoms with Crippen molar-refractivity contribution in [3.63, 3.8) is 0 Å². The molecule has 0 fully saturated rings. The number of hydrogen-bond donors (Lipinski definition) is 0. The van der Waals surface area contributed by atoms with Gasteiger partial charge in [0, 0.05) is 20.5 Å². The molecule has 14 heavy (non-hydrogen) atoms. The van der Waals surface area contributed by atoms with Gasteiger partial charge >= 0.3 is 0 Å². The zero-order chi connectivity index (χ0) is 10.2. The molecule has 0 saturated carbocycles. The van der Waals surface area contributed by atoms with Crippen molar-refractivity contribution in [1.29, 1.82) is 0 Å². The predicted octanol–water partition coefficient (Wildman–Crippen LogP) is 1.12. The van der Waals surface area contributed by atoms with Crippen LogP contribution in [-0.4, -0.2) is 20.5 Å². The maximum Gasteiger partial charge on any atom is 0.00281 e. The highest BCUT2D eigenvalue weighted by atomic mass is 28.1. The van der Waals surface area contributed by atoms with Gasteiger partial charge in [0.1, 0.15) is 0 Å². The minimum atomic E-state index is 1.31. The van der Waals surface area contributed by atoms with Gasteiger partial charge in [0.15, 0.2) is 0 Å². The van der Waals surface area contributed by atoms with Crippen LogP contribution in [0.5, 0.6) is 0 Å². The van der Waals surface area contributed by atoms with Crippen LogP contribution in [0.1, 0.15) is 24.0 Å². The topological polar surface area (TPSA) is 0 Å². The summed E-state index contributed by atoms with van der Waals surface area (Å²) in [7, 11) is 2.71. The fourth-order valence-electron chi connectivity index (χ4n) is 1.78. The van der Waals surface area contributed by atoms with E-state index < -0.39 is 0 Å². The third-order valence-electron chi connectivity index (χ3n) is 2.72. The Bertz CT molecular complexity index is 231. The van der Waals surface area contributed by atoms with Gasteiger partial charge in [-0.05, 0) is 24.0 Å². The van der Waals surface area contributed by atoms with Crippen LogP contribution in [0.2, 0.25) is 12.1 Å². The van der Waals surface area contributed by atoms with Gasteiger partial charge in [0.25, 0.3) is 0 Å². The van der Waals surface area contributed by atoms with Crippen LogP contribution in [0.4, 0.5) is 0 Å².